The maximum atomic E-state index is 12.3. The highest BCUT2D eigenvalue weighted by atomic mass is 16.3. The van der Waals surface area contributed by atoms with Gasteiger partial charge >= 0.3 is 0 Å². The molecule has 0 radical (unpaired) electrons. The van der Waals surface area contributed by atoms with Gasteiger partial charge in [-0.15, -0.1) is 0 Å². The largest absolute Gasteiger partial charge is 0.467 e. The first-order chi connectivity index (χ1) is 11.7. The zero-order valence-electron chi connectivity index (χ0n) is 13.6. The number of nitrogens with one attached hydrogen (secondary N) is 2. The van der Waals surface area contributed by atoms with Gasteiger partial charge in [0.2, 0.25) is 0 Å². The Morgan fingerprint density at radius 3 is 2.25 bits per heavy atom. The summed E-state index contributed by atoms with van der Waals surface area (Å²) in [7, 11) is 0. The molecule has 126 valence electrons. The normalized spacial score (nSPS) is 15.0. The highest BCUT2D eigenvalue weighted by Crippen LogP contribution is 2.18. The van der Waals surface area contributed by atoms with Crippen LogP contribution in [0.1, 0.15) is 58.6 Å². The Kier molecular flexibility index (Phi) is 5.31. The van der Waals surface area contributed by atoms with Gasteiger partial charge in [0.1, 0.15) is 5.76 Å². The number of amides is 2. The van der Waals surface area contributed by atoms with Gasteiger partial charge in [0.25, 0.3) is 11.8 Å². The van der Waals surface area contributed by atoms with Gasteiger partial charge in [0.15, 0.2) is 0 Å². The summed E-state index contributed by atoms with van der Waals surface area (Å²) in [6, 6.07) is 10.6. The van der Waals surface area contributed by atoms with E-state index in [2.05, 4.69) is 10.6 Å². The van der Waals surface area contributed by atoms with Gasteiger partial charge in [-0.3, -0.25) is 9.59 Å². The van der Waals surface area contributed by atoms with Crippen molar-refractivity contribution in [3.05, 3.63) is 59.5 Å². The summed E-state index contributed by atoms with van der Waals surface area (Å²) in [6.45, 7) is 0.343. The number of carbonyl (C=O) groups excluding carboxylic acids is 2. The van der Waals surface area contributed by atoms with Gasteiger partial charge in [0.05, 0.1) is 12.8 Å². The molecule has 1 aliphatic carbocycles. The van der Waals surface area contributed by atoms with E-state index in [1.807, 2.05) is 0 Å². The van der Waals surface area contributed by atoms with E-state index < -0.39 is 0 Å². The molecule has 3 rings (SSSR count). The number of hydrogen-bond acceptors (Lipinski definition) is 3. The van der Waals surface area contributed by atoms with E-state index in [9.17, 15) is 9.59 Å². The summed E-state index contributed by atoms with van der Waals surface area (Å²) in [5, 5.41) is 5.86. The summed E-state index contributed by atoms with van der Waals surface area (Å²) >= 11 is 0. The Labute approximate surface area is 141 Å². The van der Waals surface area contributed by atoms with Crippen LogP contribution in [0.2, 0.25) is 0 Å². The third kappa shape index (κ3) is 4.25. The fraction of sp³-hybridized carbons (Fsp3) is 0.368. The van der Waals surface area contributed by atoms with Gasteiger partial charge in [-0.2, -0.15) is 0 Å². The molecule has 0 bridgehead atoms. The Morgan fingerprint density at radius 2 is 1.62 bits per heavy atom. The first-order valence-electron chi connectivity index (χ1n) is 8.44. The van der Waals surface area contributed by atoms with Crippen LogP contribution in [0.3, 0.4) is 0 Å². The second-order valence-corrected chi connectivity index (χ2v) is 6.15. The third-order valence-corrected chi connectivity index (χ3v) is 4.35. The molecule has 1 fully saturated rings. The average Bonchev–Trinajstić information content (AvgIpc) is 3.14. The summed E-state index contributed by atoms with van der Waals surface area (Å²) < 4.78 is 5.17. The summed E-state index contributed by atoms with van der Waals surface area (Å²) in [5.74, 6) is 0.446. The molecule has 2 aromatic rings. The van der Waals surface area contributed by atoms with E-state index in [0.29, 0.717) is 23.4 Å². The molecule has 5 heteroatoms. The molecule has 0 saturated heterocycles. The summed E-state index contributed by atoms with van der Waals surface area (Å²) in [5.41, 5.74) is 1.11. The average molecular weight is 326 g/mol. The minimum atomic E-state index is -0.189. The van der Waals surface area contributed by atoms with E-state index in [1.54, 1.807) is 42.7 Å². The van der Waals surface area contributed by atoms with Crippen molar-refractivity contribution in [3.63, 3.8) is 0 Å². The van der Waals surface area contributed by atoms with Gasteiger partial charge in [0, 0.05) is 17.2 Å². The molecule has 1 aromatic carbocycles. The summed E-state index contributed by atoms with van der Waals surface area (Å²) in [4.78, 5) is 24.3. The molecule has 0 spiro atoms. The van der Waals surface area contributed by atoms with Crippen LogP contribution in [-0.4, -0.2) is 17.9 Å². The summed E-state index contributed by atoms with van der Waals surface area (Å²) in [6.07, 6.45) is 7.30. The van der Waals surface area contributed by atoms with Gasteiger partial charge in [-0.25, -0.2) is 0 Å². The lowest BCUT2D eigenvalue weighted by molar-refractivity contribution is 0.0922. The maximum Gasteiger partial charge on any atom is 0.251 e. The van der Waals surface area contributed by atoms with Crippen molar-refractivity contribution < 1.29 is 14.0 Å². The van der Waals surface area contributed by atoms with Crippen LogP contribution in [0.15, 0.2) is 47.1 Å². The monoisotopic (exact) mass is 326 g/mol. The Balaban J connectivity index is 1.54. The van der Waals surface area contributed by atoms with Crippen LogP contribution >= 0.6 is 0 Å². The van der Waals surface area contributed by atoms with Crippen molar-refractivity contribution in [2.75, 3.05) is 0 Å². The van der Waals surface area contributed by atoms with Crippen molar-refractivity contribution in [2.24, 2.45) is 0 Å². The number of furan rings is 1. The van der Waals surface area contributed by atoms with Crippen molar-refractivity contribution in [1.29, 1.82) is 0 Å². The predicted molar refractivity (Wildman–Crippen MR) is 90.7 cm³/mol. The highest BCUT2D eigenvalue weighted by molar-refractivity contribution is 5.97. The molecule has 2 N–H and O–H groups in total. The van der Waals surface area contributed by atoms with E-state index >= 15 is 0 Å². The number of hydrogen-bond donors (Lipinski definition) is 2. The maximum absolute atomic E-state index is 12.3. The number of rotatable bonds is 5. The molecule has 2 amide bonds. The van der Waals surface area contributed by atoms with Crippen LogP contribution < -0.4 is 10.6 Å². The van der Waals surface area contributed by atoms with Gasteiger partial charge in [-0.1, -0.05) is 19.3 Å². The fourth-order valence-electron chi connectivity index (χ4n) is 2.97. The molecule has 0 aliphatic heterocycles. The molecule has 1 aliphatic rings. The van der Waals surface area contributed by atoms with Crippen LogP contribution in [0.4, 0.5) is 0 Å². The Hall–Kier alpha value is -2.56. The van der Waals surface area contributed by atoms with Crippen molar-refractivity contribution in [2.45, 2.75) is 44.7 Å². The standard InChI is InChI=1S/C19H22N2O3/c22-18(20-13-17-7-4-12-24-17)14-8-10-15(11-9-14)19(23)21-16-5-2-1-3-6-16/h4,7-12,16H,1-3,5-6,13H2,(H,20,22)(H,21,23). The zero-order valence-corrected chi connectivity index (χ0v) is 13.6. The van der Waals surface area contributed by atoms with Crippen LogP contribution in [-0.2, 0) is 6.54 Å². The highest BCUT2D eigenvalue weighted by Gasteiger charge is 2.17. The quantitative estimate of drug-likeness (QED) is 0.886. The minimum absolute atomic E-state index is 0.0653. The third-order valence-electron chi connectivity index (χ3n) is 4.35. The fourth-order valence-corrected chi connectivity index (χ4v) is 2.97. The SMILES string of the molecule is O=C(NCc1ccco1)c1ccc(C(=O)NC2CCCCC2)cc1. The lowest BCUT2D eigenvalue weighted by Gasteiger charge is -2.22. The zero-order chi connectivity index (χ0) is 16.8. The lowest BCUT2D eigenvalue weighted by atomic mass is 9.95. The minimum Gasteiger partial charge on any atom is -0.467 e. The number of carbonyl (C=O) groups is 2. The lowest BCUT2D eigenvalue weighted by Crippen LogP contribution is -2.36. The van der Waals surface area contributed by atoms with Crippen LogP contribution in [0.25, 0.3) is 0 Å². The van der Waals surface area contributed by atoms with E-state index in [-0.39, 0.29) is 17.9 Å². The second-order valence-electron chi connectivity index (χ2n) is 6.15. The first-order valence-corrected chi connectivity index (χ1v) is 8.44. The van der Waals surface area contributed by atoms with E-state index in [1.165, 1.54) is 19.3 Å². The van der Waals surface area contributed by atoms with Crippen molar-refractivity contribution in [1.82, 2.24) is 10.6 Å². The molecule has 0 unspecified atom stereocenters. The molecule has 1 saturated carbocycles. The Morgan fingerprint density at radius 1 is 0.958 bits per heavy atom. The van der Waals surface area contributed by atoms with Crippen LogP contribution in [0, 0.1) is 0 Å². The molecule has 5 nitrogen and oxygen atoms in total. The van der Waals surface area contributed by atoms with Gasteiger partial charge in [-0.05, 0) is 49.2 Å². The molecule has 24 heavy (non-hydrogen) atoms. The molecule has 1 heterocycles. The topological polar surface area (TPSA) is 71.3 Å². The molecular formula is C19H22N2O3. The van der Waals surface area contributed by atoms with Crippen molar-refractivity contribution >= 4 is 11.8 Å². The number of benzene rings is 1. The van der Waals surface area contributed by atoms with E-state index in [0.717, 1.165) is 12.8 Å². The molecular weight excluding hydrogens is 304 g/mol. The van der Waals surface area contributed by atoms with Gasteiger partial charge < -0.3 is 15.1 Å². The second kappa shape index (κ2) is 7.81. The smallest absolute Gasteiger partial charge is 0.251 e. The van der Waals surface area contributed by atoms with E-state index in [4.69, 9.17) is 4.42 Å². The van der Waals surface area contributed by atoms with Crippen LogP contribution in [0.5, 0.6) is 0 Å². The molecule has 0 atom stereocenters. The Bertz CT molecular complexity index is 671. The predicted octanol–water partition coefficient (Wildman–Crippen LogP) is 3.27. The molecule has 1 aromatic heterocycles. The van der Waals surface area contributed by atoms with Crippen molar-refractivity contribution in [3.8, 4) is 0 Å². The first kappa shape index (κ1) is 16.3.